The Bertz CT molecular complexity index is 1120. The summed E-state index contributed by atoms with van der Waals surface area (Å²) in [7, 11) is 4.27. The lowest BCUT2D eigenvalue weighted by Crippen LogP contribution is -3.06. The molecule has 2 aromatic carbocycles. The Morgan fingerprint density at radius 1 is 1.12 bits per heavy atom. The molecule has 0 saturated carbocycles. The summed E-state index contributed by atoms with van der Waals surface area (Å²) in [5.74, 6) is 2.34. The Hall–Kier alpha value is -3.04. The van der Waals surface area contributed by atoms with E-state index in [1.54, 1.807) is 0 Å². The summed E-state index contributed by atoms with van der Waals surface area (Å²) in [5, 5.41) is 12.5. The fraction of sp³-hybridized carbons (Fsp3) is 0.400. The van der Waals surface area contributed by atoms with Crippen LogP contribution in [-0.4, -0.2) is 46.8 Å². The van der Waals surface area contributed by atoms with Gasteiger partial charge in [0.1, 0.15) is 6.04 Å². The number of thioether (sulfide) groups is 1. The first-order chi connectivity index (χ1) is 16.5. The Kier molecular flexibility index (Phi) is 7.74. The van der Waals surface area contributed by atoms with Gasteiger partial charge in [0.25, 0.3) is 0 Å². The number of aromatic nitrogens is 3. The van der Waals surface area contributed by atoms with Crippen LogP contribution >= 0.6 is 11.8 Å². The molecule has 2 N–H and O–H groups in total. The summed E-state index contributed by atoms with van der Waals surface area (Å²) >= 11 is 1.44. The third-order valence-electron chi connectivity index (χ3n) is 5.90. The first-order valence-electron chi connectivity index (χ1n) is 11.6. The van der Waals surface area contributed by atoms with Crippen LogP contribution in [0.2, 0.25) is 0 Å². The molecule has 2 heterocycles. The number of amides is 1. The van der Waals surface area contributed by atoms with Crippen molar-refractivity contribution in [3.05, 3.63) is 65.5 Å². The van der Waals surface area contributed by atoms with Crippen molar-refractivity contribution in [2.75, 3.05) is 20.9 Å². The van der Waals surface area contributed by atoms with Gasteiger partial charge in [0.05, 0.1) is 25.9 Å². The van der Waals surface area contributed by atoms with E-state index in [0.29, 0.717) is 18.8 Å². The Labute approximate surface area is 204 Å². The molecule has 0 radical (unpaired) electrons. The minimum atomic E-state index is -0.327. The van der Waals surface area contributed by atoms with E-state index in [1.807, 2.05) is 43.3 Å². The van der Waals surface area contributed by atoms with Gasteiger partial charge >= 0.3 is 0 Å². The number of fused-ring (bicyclic) bond motifs is 1. The molecule has 9 heteroatoms. The Morgan fingerprint density at radius 3 is 2.62 bits per heavy atom. The quantitative estimate of drug-likeness (QED) is 0.432. The lowest BCUT2D eigenvalue weighted by molar-refractivity contribution is -0.893. The predicted molar refractivity (Wildman–Crippen MR) is 131 cm³/mol. The Balaban J connectivity index is 1.47. The van der Waals surface area contributed by atoms with E-state index in [2.05, 4.69) is 53.2 Å². The number of quaternary nitrogens is 1. The number of benzene rings is 2. The zero-order valence-electron chi connectivity index (χ0n) is 20.1. The van der Waals surface area contributed by atoms with E-state index in [9.17, 15) is 4.79 Å². The molecule has 1 amide bonds. The third-order valence-corrected chi connectivity index (χ3v) is 6.98. The number of hydrogen-bond donors (Lipinski definition) is 2. The van der Waals surface area contributed by atoms with E-state index in [-0.39, 0.29) is 24.0 Å². The number of nitrogens with one attached hydrogen (secondary N) is 2. The maximum Gasteiger partial charge on any atom is 0.233 e. The number of nitrogens with zero attached hydrogens (tertiary/aromatic N) is 3. The second kappa shape index (κ2) is 10.9. The zero-order chi connectivity index (χ0) is 24.1. The molecule has 0 bridgehead atoms. The molecule has 0 unspecified atom stereocenters. The second-order valence-corrected chi connectivity index (χ2v) is 9.92. The maximum atomic E-state index is 12.9. The smallest absolute Gasteiger partial charge is 0.233 e. The average Bonchev–Trinajstić information content (AvgIpc) is 3.45. The lowest BCUT2D eigenvalue weighted by atomic mass is 10.2. The number of carbonyl (C=O) groups is 1. The van der Waals surface area contributed by atoms with Crippen molar-refractivity contribution in [2.24, 2.45) is 0 Å². The van der Waals surface area contributed by atoms with Crippen LogP contribution < -0.4 is 19.7 Å². The molecule has 180 valence electrons. The largest absolute Gasteiger partial charge is 0.454 e. The van der Waals surface area contributed by atoms with Gasteiger partial charge in [-0.2, -0.15) is 0 Å². The minimum absolute atomic E-state index is 0.0521. The van der Waals surface area contributed by atoms with Crippen molar-refractivity contribution in [3.63, 3.8) is 0 Å². The first-order valence-corrected chi connectivity index (χ1v) is 12.4. The topological polar surface area (TPSA) is 82.7 Å². The molecule has 0 saturated heterocycles. The molecule has 0 aliphatic carbocycles. The summed E-state index contributed by atoms with van der Waals surface area (Å²) in [4.78, 5) is 14.2. The molecular weight excluding hydrogens is 450 g/mol. The van der Waals surface area contributed by atoms with Crippen LogP contribution in [0.1, 0.15) is 43.3 Å². The van der Waals surface area contributed by atoms with Crippen molar-refractivity contribution in [3.8, 4) is 11.5 Å². The molecule has 4 rings (SSSR count). The summed E-state index contributed by atoms with van der Waals surface area (Å²) in [6.07, 6.45) is 0.950. The normalized spacial score (nSPS) is 14.3. The monoisotopic (exact) mass is 482 g/mol. The van der Waals surface area contributed by atoms with Gasteiger partial charge in [-0.05, 0) is 30.2 Å². The number of carbonyl (C=O) groups excluding carboxylic acids is 1. The van der Waals surface area contributed by atoms with Gasteiger partial charge in [-0.1, -0.05) is 55.1 Å². The van der Waals surface area contributed by atoms with Gasteiger partial charge < -0.3 is 19.7 Å². The maximum absolute atomic E-state index is 12.9. The minimum Gasteiger partial charge on any atom is -0.454 e. The van der Waals surface area contributed by atoms with Gasteiger partial charge in [-0.15, -0.1) is 10.2 Å². The van der Waals surface area contributed by atoms with Crippen molar-refractivity contribution in [2.45, 2.75) is 49.8 Å². The van der Waals surface area contributed by atoms with Gasteiger partial charge in [0.15, 0.2) is 22.5 Å². The highest BCUT2D eigenvalue weighted by molar-refractivity contribution is 8.00. The number of hydrogen-bond acceptors (Lipinski definition) is 6. The van der Waals surface area contributed by atoms with Gasteiger partial charge in [-0.3, -0.25) is 9.36 Å². The molecule has 8 nitrogen and oxygen atoms in total. The van der Waals surface area contributed by atoms with Crippen LogP contribution in [-0.2, 0) is 17.9 Å². The van der Waals surface area contributed by atoms with Gasteiger partial charge in [-0.25, -0.2) is 0 Å². The number of rotatable bonds is 10. The molecular formula is C25H32N5O3S+. The van der Waals surface area contributed by atoms with E-state index in [4.69, 9.17) is 9.47 Å². The summed E-state index contributed by atoms with van der Waals surface area (Å²) in [6.45, 7) is 5.39. The second-order valence-electron chi connectivity index (χ2n) is 8.62. The highest BCUT2D eigenvalue weighted by Gasteiger charge is 2.27. The molecule has 2 atom stereocenters. The van der Waals surface area contributed by atoms with Crippen molar-refractivity contribution >= 4 is 17.7 Å². The van der Waals surface area contributed by atoms with E-state index < -0.39 is 0 Å². The number of ether oxygens (including phenoxy) is 2. The van der Waals surface area contributed by atoms with Crippen LogP contribution in [0.5, 0.6) is 11.5 Å². The van der Waals surface area contributed by atoms with Crippen LogP contribution in [0.4, 0.5) is 0 Å². The van der Waals surface area contributed by atoms with Crippen LogP contribution in [0.3, 0.4) is 0 Å². The van der Waals surface area contributed by atoms with E-state index in [1.165, 1.54) is 22.2 Å². The average molecular weight is 483 g/mol. The van der Waals surface area contributed by atoms with Gasteiger partial charge in [0, 0.05) is 13.0 Å². The molecule has 34 heavy (non-hydrogen) atoms. The summed E-state index contributed by atoms with van der Waals surface area (Å²) < 4.78 is 12.9. The lowest BCUT2D eigenvalue weighted by Gasteiger charge is -2.21. The van der Waals surface area contributed by atoms with Crippen molar-refractivity contribution in [1.29, 1.82) is 0 Å². The molecule has 1 aliphatic rings. The molecule has 0 spiro atoms. The van der Waals surface area contributed by atoms with E-state index in [0.717, 1.165) is 28.7 Å². The van der Waals surface area contributed by atoms with Crippen LogP contribution in [0, 0.1) is 0 Å². The molecule has 3 aromatic rings. The summed E-state index contributed by atoms with van der Waals surface area (Å²) in [6, 6.07) is 16.2. The highest BCUT2D eigenvalue weighted by Crippen LogP contribution is 2.32. The van der Waals surface area contributed by atoms with Crippen molar-refractivity contribution in [1.82, 2.24) is 20.1 Å². The van der Waals surface area contributed by atoms with Crippen LogP contribution in [0.15, 0.2) is 53.7 Å². The predicted octanol–water partition coefficient (Wildman–Crippen LogP) is 2.45. The molecule has 0 fully saturated rings. The first kappa shape index (κ1) is 24.1. The standard InChI is InChI=1S/C25H31N5O3S/c1-5-20(29(3)4)23-27-28-25(30(23)15-18-9-7-6-8-10-18)34-17(2)24(31)26-14-19-11-12-21-22(13-19)33-16-32-21/h6-13,17,20H,5,14-16H2,1-4H3,(H,26,31)/p+1/t17-,20-/m1/s1. The Morgan fingerprint density at radius 2 is 1.88 bits per heavy atom. The van der Waals surface area contributed by atoms with Gasteiger partial charge in [0.2, 0.25) is 12.7 Å². The van der Waals surface area contributed by atoms with Crippen molar-refractivity contribution < 1.29 is 19.2 Å². The van der Waals surface area contributed by atoms with E-state index >= 15 is 0 Å². The third kappa shape index (κ3) is 5.53. The zero-order valence-corrected chi connectivity index (χ0v) is 20.9. The molecule has 1 aliphatic heterocycles. The SMILES string of the molecule is CC[C@H](c1nnc(S[C@H](C)C(=O)NCc2ccc3c(c2)OCO3)n1Cc1ccccc1)[NH+](C)C. The molecule has 1 aromatic heterocycles. The highest BCUT2D eigenvalue weighted by atomic mass is 32.2. The fourth-order valence-electron chi connectivity index (χ4n) is 4.00. The fourth-order valence-corrected chi connectivity index (χ4v) is 4.88. The van der Waals surface area contributed by atoms with Crippen LogP contribution in [0.25, 0.3) is 0 Å². The summed E-state index contributed by atoms with van der Waals surface area (Å²) in [5.41, 5.74) is 2.14.